The van der Waals surface area contributed by atoms with Crippen molar-refractivity contribution >= 4 is 29.7 Å². The number of carbonyl (C=O) groups is 1. The van der Waals surface area contributed by atoms with Crippen LogP contribution in [0.1, 0.15) is 57.2 Å². The molecule has 1 rings (SSSR count). The van der Waals surface area contributed by atoms with Crippen LogP contribution in [-0.4, -0.2) is 29.9 Å². The highest BCUT2D eigenvalue weighted by Gasteiger charge is 2.20. The molecule has 0 saturated carbocycles. The third-order valence-corrected chi connectivity index (χ3v) is 4.59. The van der Waals surface area contributed by atoms with E-state index in [1.165, 1.54) is 30.6 Å². The topological polar surface area (TPSA) is 46.3 Å². The van der Waals surface area contributed by atoms with E-state index in [2.05, 4.69) is 19.9 Å². The van der Waals surface area contributed by atoms with Crippen molar-refractivity contribution in [1.29, 1.82) is 0 Å². The maximum Gasteiger partial charge on any atom is 0.239 e. The Bertz CT molecular complexity index is 374. The lowest BCUT2D eigenvalue weighted by molar-refractivity contribution is -0.132. The molecule has 0 fully saturated rings. The molecule has 0 aliphatic carbocycles. The number of nitrogens with zero attached hydrogens (tertiary/aromatic N) is 1. The van der Waals surface area contributed by atoms with Crippen molar-refractivity contribution in [3.05, 3.63) is 22.4 Å². The van der Waals surface area contributed by atoms with Gasteiger partial charge in [-0.2, -0.15) is 0 Å². The molecule has 3 nitrogen and oxygen atoms in total. The molecular formula is C17H31ClN2OS. The second-order valence-corrected chi connectivity index (χ2v) is 6.66. The van der Waals surface area contributed by atoms with Crippen molar-refractivity contribution in [2.24, 2.45) is 5.73 Å². The molecule has 128 valence electrons. The van der Waals surface area contributed by atoms with E-state index in [0.29, 0.717) is 6.42 Å². The number of amides is 1. The second-order valence-electron chi connectivity index (χ2n) is 5.63. The molecule has 1 heterocycles. The highest BCUT2D eigenvalue weighted by atomic mass is 35.5. The first-order valence-corrected chi connectivity index (χ1v) is 9.13. The minimum absolute atomic E-state index is 0. The van der Waals surface area contributed by atoms with Crippen LogP contribution in [0.4, 0.5) is 0 Å². The SMILES string of the molecule is CCCCCN(CCCCC)C(=O)[C@@H](N)Cc1cccs1.Cl. The molecule has 0 spiro atoms. The van der Waals surface area contributed by atoms with E-state index in [1.54, 1.807) is 11.3 Å². The summed E-state index contributed by atoms with van der Waals surface area (Å²) in [5.74, 6) is 0.121. The Balaban J connectivity index is 0.00000441. The number of hydrogen-bond acceptors (Lipinski definition) is 3. The number of halogens is 1. The Morgan fingerprint density at radius 1 is 1.18 bits per heavy atom. The van der Waals surface area contributed by atoms with Gasteiger partial charge in [0.15, 0.2) is 0 Å². The molecule has 0 unspecified atom stereocenters. The first-order valence-electron chi connectivity index (χ1n) is 8.25. The summed E-state index contributed by atoms with van der Waals surface area (Å²) in [4.78, 5) is 15.7. The van der Waals surface area contributed by atoms with E-state index in [1.807, 2.05) is 16.3 Å². The van der Waals surface area contributed by atoms with Gasteiger partial charge >= 0.3 is 0 Å². The largest absolute Gasteiger partial charge is 0.341 e. The number of unbranched alkanes of at least 4 members (excludes halogenated alkanes) is 4. The molecule has 1 amide bonds. The molecule has 0 bridgehead atoms. The Morgan fingerprint density at radius 2 is 1.77 bits per heavy atom. The molecule has 0 radical (unpaired) electrons. The van der Waals surface area contributed by atoms with Gasteiger partial charge in [0.05, 0.1) is 6.04 Å². The third-order valence-electron chi connectivity index (χ3n) is 3.69. The van der Waals surface area contributed by atoms with Gasteiger partial charge in [-0.1, -0.05) is 45.6 Å². The van der Waals surface area contributed by atoms with Crippen LogP contribution in [-0.2, 0) is 11.2 Å². The Kier molecular flexibility index (Phi) is 12.6. The minimum Gasteiger partial charge on any atom is -0.341 e. The van der Waals surface area contributed by atoms with E-state index in [9.17, 15) is 4.79 Å². The summed E-state index contributed by atoms with van der Waals surface area (Å²) >= 11 is 1.67. The molecule has 22 heavy (non-hydrogen) atoms. The number of nitrogens with two attached hydrogens (primary N) is 1. The zero-order valence-corrected chi connectivity index (χ0v) is 15.6. The van der Waals surface area contributed by atoms with E-state index >= 15 is 0 Å². The molecule has 0 saturated heterocycles. The van der Waals surface area contributed by atoms with Gasteiger partial charge in [0.25, 0.3) is 0 Å². The summed E-state index contributed by atoms with van der Waals surface area (Å²) in [5, 5.41) is 2.03. The summed E-state index contributed by atoms with van der Waals surface area (Å²) in [7, 11) is 0. The number of carbonyl (C=O) groups excluding carboxylic acids is 1. The van der Waals surface area contributed by atoms with Crippen molar-refractivity contribution < 1.29 is 4.79 Å². The third kappa shape index (κ3) is 8.16. The summed E-state index contributed by atoms with van der Waals surface area (Å²) < 4.78 is 0. The second kappa shape index (κ2) is 12.9. The lowest BCUT2D eigenvalue weighted by Gasteiger charge is -2.25. The normalized spacial score (nSPS) is 11.8. The van der Waals surface area contributed by atoms with Gasteiger partial charge < -0.3 is 10.6 Å². The lowest BCUT2D eigenvalue weighted by atomic mass is 10.1. The van der Waals surface area contributed by atoms with E-state index in [0.717, 1.165) is 25.9 Å². The van der Waals surface area contributed by atoms with E-state index < -0.39 is 6.04 Å². The summed E-state index contributed by atoms with van der Waals surface area (Å²) in [5.41, 5.74) is 6.13. The molecule has 1 aromatic rings. The fourth-order valence-corrected chi connectivity index (χ4v) is 3.17. The van der Waals surface area contributed by atoms with Crippen LogP contribution < -0.4 is 5.73 Å². The van der Waals surface area contributed by atoms with E-state index in [-0.39, 0.29) is 18.3 Å². The fraction of sp³-hybridized carbons (Fsp3) is 0.706. The Hall–Kier alpha value is -0.580. The zero-order chi connectivity index (χ0) is 15.5. The van der Waals surface area contributed by atoms with Gasteiger partial charge in [-0.05, 0) is 24.3 Å². The molecule has 5 heteroatoms. The minimum atomic E-state index is -0.396. The summed E-state index contributed by atoms with van der Waals surface area (Å²) in [6.45, 7) is 6.08. The maximum absolute atomic E-state index is 12.6. The van der Waals surface area contributed by atoms with Crippen molar-refractivity contribution in [2.45, 2.75) is 64.8 Å². The standard InChI is InChI=1S/C17H30N2OS.ClH/c1-3-5-7-11-19(12-8-6-4-2)17(20)16(18)14-15-10-9-13-21-15;/h9-10,13,16H,3-8,11-12,14,18H2,1-2H3;1H/t16-;/m0./s1. The molecule has 2 N–H and O–H groups in total. The van der Waals surface area contributed by atoms with Crippen LogP contribution in [0.3, 0.4) is 0 Å². The predicted molar refractivity (Wildman–Crippen MR) is 98.9 cm³/mol. The Morgan fingerprint density at radius 3 is 2.23 bits per heavy atom. The number of rotatable bonds is 11. The van der Waals surface area contributed by atoms with Gasteiger partial charge in [-0.15, -0.1) is 23.7 Å². The average molecular weight is 347 g/mol. The predicted octanol–water partition coefficient (Wildman–Crippen LogP) is 4.25. The molecule has 0 aliphatic rings. The van der Waals surface area contributed by atoms with Crippen LogP contribution in [0.5, 0.6) is 0 Å². The van der Waals surface area contributed by atoms with Gasteiger partial charge in [0, 0.05) is 24.4 Å². The smallest absolute Gasteiger partial charge is 0.239 e. The van der Waals surface area contributed by atoms with E-state index in [4.69, 9.17) is 5.73 Å². The van der Waals surface area contributed by atoms with Gasteiger partial charge in [0.2, 0.25) is 5.91 Å². The first-order chi connectivity index (χ1) is 10.2. The molecule has 0 aliphatic heterocycles. The van der Waals surface area contributed by atoms with Gasteiger partial charge in [-0.25, -0.2) is 0 Å². The Labute approximate surface area is 145 Å². The monoisotopic (exact) mass is 346 g/mol. The van der Waals surface area contributed by atoms with Crippen LogP contribution in [0.25, 0.3) is 0 Å². The number of hydrogen-bond donors (Lipinski definition) is 1. The summed E-state index contributed by atoms with van der Waals surface area (Å²) in [6, 6.07) is 3.67. The molecular weight excluding hydrogens is 316 g/mol. The first kappa shape index (κ1) is 21.4. The van der Waals surface area contributed by atoms with Crippen molar-refractivity contribution in [1.82, 2.24) is 4.90 Å². The number of thiophene rings is 1. The van der Waals surface area contributed by atoms with Crippen molar-refractivity contribution in [2.75, 3.05) is 13.1 Å². The van der Waals surface area contributed by atoms with Crippen LogP contribution in [0.2, 0.25) is 0 Å². The highest BCUT2D eigenvalue weighted by Crippen LogP contribution is 2.12. The van der Waals surface area contributed by atoms with Crippen molar-refractivity contribution in [3.63, 3.8) is 0 Å². The van der Waals surface area contributed by atoms with Crippen LogP contribution in [0.15, 0.2) is 17.5 Å². The maximum atomic E-state index is 12.6. The fourth-order valence-electron chi connectivity index (χ4n) is 2.40. The lowest BCUT2D eigenvalue weighted by Crippen LogP contribution is -2.45. The molecule has 1 aromatic heterocycles. The van der Waals surface area contributed by atoms with Gasteiger partial charge in [0.1, 0.15) is 0 Å². The van der Waals surface area contributed by atoms with Gasteiger partial charge in [-0.3, -0.25) is 4.79 Å². The molecule has 0 aromatic carbocycles. The van der Waals surface area contributed by atoms with Crippen molar-refractivity contribution in [3.8, 4) is 0 Å². The molecule has 1 atom stereocenters. The highest BCUT2D eigenvalue weighted by molar-refractivity contribution is 7.09. The average Bonchev–Trinajstić information content (AvgIpc) is 2.98. The van der Waals surface area contributed by atoms with Crippen LogP contribution in [0, 0.1) is 0 Å². The summed E-state index contributed by atoms with van der Waals surface area (Å²) in [6.07, 6.45) is 7.54. The quantitative estimate of drug-likeness (QED) is 0.609. The zero-order valence-electron chi connectivity index (χ0n) is 13.9. The van der Waals surface area contributed by atoms with Crippen LogP contribution >= 0.6 is 23.7 Å².